The normalized spacial score (nSPS) is 10.5. The van der Waals surface area contributed by atoms with Gasteiger partial charge in [0, 0.05) is 13.1 Å². The van der Waals surface area contributed by atoms with Crippen LogP contribution in [0.2, 0.25) is 0 Å². The summed E-state index contributed by atoms with van der Waals surface area (Å²) in [6.07, 6.45) is -0.561. The van der Waals surface area contributed by atoms with Crippen LogP contribution in [-0.2, 0) is 4.74 Å². The zero-order valence-corrected chi connectivity index (χ0v) is 12.7. The first-order valence-electron chi connectivity index (χ1n) is 6.63. The molecule has 0 fully saturated rings. The van der Waals surface area contributed by atoms with Gasteiger partial charge in [-0.1, -0.05) is 6.07 Å². The quantitative estimate of drug-likeness (QED) is 0.490. The van der Waals surface area contributed by atoms with E-state index in [1.165, 1.54) is 12.1 Å². The largest absolute Gasteiger partial charge is 0.444 e. The Bertz CT molecular complexity index is 602. The molecule has 0 saturated carbocycles. The molecule has 0 aliphatic rings. The van der Waals surface area contributed by atoms with E-state index in [4.69, 9.17) is 10.00 Å². The summed E-state index contributed by atoms with van der Waals surface area (Å²) in [4.78, 5) is 21.8. The van der Waals surface area contributed by atoms with Crippen molar-refractivity contribution in [3.8, 4) is 6.07 Å². The third kappa shape index (κ3) is 5.28. The molecule has 8 nitrogen and oxygen atoms in total. The van der Waals surface area contributed by atoms with Gasteiger partial charge in [0.05, 0.1) is 4.92 Å². The summed E-state index contributed by atoms with van der Waals surface area (Å²) in [5.41, 5.74) is -0.648. The molecule has 1 amide bonds. The molecule has 0 unspecified atom stereocenters. The van der Waals surface area contributed by atoms with Gasteiger partial charge >= 0.3 is 11.8 Å². The summed E-state index contributed by atoms with van der Waals surface area (Å²) in [5.74, 6) is 0. The number of anilines is 1. The second-order valence-electron chi connectivity index (χ2n) is 5.43. The van der Waals surface area contributed by atoms with E-state index in [0.29, 0.717) is 0 Å². The summed E-state index contributed by atoms with van der Waals surface area (Å²) in [5, 5.41) is 25.3. The Kier molecular flexibility index (Phi) is 5.69. The Balaban J connectivity index is 2.58. The highest BCUT2D eigenvalue weighted by Crippen LogP contribution is 2.27. The lowest BCUT2D eigenvalue weighted by Crippen LogP contribution is -2.35. The number of carbonyl (C=O) groups is 1. The number of rotatable bonds is 5. The number of nitriles is 1. The van der Waals surface area contributed by atoms with E-state index in [-0.39, 0.29) is 30.0 Å². The Hall–Kier alpha value is -2.82. The molecule has 0 spiro atoms. The molecule has 1 aromatic rings. The number of amides is 1. The van der Waals surface area contributed by atoms with Gasteiger partial charge in [-0.3, -0.25) is 10.1 Å². The molecular formula is C14H18N4O4. The highest BCUT2D eigenvalue weighted by molar-refractivity contribution is 5.69. The highest BCUT2D eigenvalue weighted by Gasteiger charge is 2.19. The smallest absolute Gasteiger partial charge is 0.407 e. The molecule has 0 heterocycles. The second-order valence-corrected chi connectivity index (χ2v) is 5.43. The summed E-state index contributed by atoms with van der Waals surface area (Å²) in [7, 11) is 0. The van der Waals surface area contributed by atoms with Crippen LogP contribution in [0.1, 0.15) is 26.3 Å². The first-order chi connectivity index (χ1) is 10.2. The average Bonchev–Trinajstić information content (AvgIpc) is 2.41. The standard InChI is InChI=1S/C14H18N4O4/c1-14(2,3)22-13(19)17-8-7-16-11-6-4-5-10(9-15)12(11)18(20)21/h4-6,16H,7-8H2,1-3H3,(H,17,19). The van der Waals surface area contributed by atoms with Gasteiger partial charge in [0.2, 0.25) is 0 Å². The van der Waals surface area contributed by atoms with Gasteiger partial charge in [-0.25, -0.2) is 4.79 Å². The number of para-hydroxylation sites is 1. The van der Waals surface area contributed by atoms with E-state index in [9.17, 15) is 14.9 Å². The number of hydrogen-bond acceptors (Lipinski definition) is 6. The number of ether oxygens (including phenoxy) is 1. The van der Waals surface area contributed by atoms with Gasteiger partial charge in [-0.05, 0) is 32.9 Å². The molecule has 118 valence electrons. The molecule has 0 atom stereocenters. The number of benzene rings is 1. The monoisotopic (exact) mass is 306 g/mol. The molecule has 8 heteroatoms. The molecule has 0 saturated heterocycles. The van der Waals surface area contributed by atoms with E-state index in [0.717, 1.165) is 0 Å². The van der Waals surface area contributed by atoms with Crippen LogP contribution in [0.4, 0.5) is 16.2 Å². The minimum Gasteiger partial charge on any atom is -0.444 e. The second kappa shape index (κ2) is 7.26. The Morgan fingerprint density at radius 3 is 2.64 bits per heavy atom. The van der Waals surface area contributed by atoms with Crippen LogP contribution in [0.25, 0.3) is 0 Å². The summed E-state index contributed by atoms with van der Waals surface area (Å²) >= 11 is 0. The third-order valence-corrected chi connectivity index (χ3v) is 2.45. The van der Waals surface area contributed by atoms with Gasteiger partial charge in [-0.15, -0.1) is 0 Å². The number of nitrogens with zero attached hydrogens (tertiary/aromatic N) is 2. The maximum Gasteiger partial charge on any atom is 0.407 e. The van der Waals surface area contributed by atoms with E-state index >= 15 is 0 Å². The van der Waals surface area contributed by atoms with Crippen molar-refractivity contribution in [2.24, 2.45) is 0 Å². The van der Waals surface area contributed by atoms with Gasteiger partial charge < -0.3 is 15.4 Å². The Morgan fingerprint density at radius 1 is 1.41 bits per heavy atom. The number of hydrogen-bond donors (Lipinski definition) is 2. The summed E-state index contributed by atoms with van der Waals surface area (Å²) < 4.78 is 5.06. The van der Waals surface area contributed by atoms with Crippen molar-refractivity contribution in [2.75, 3.05) is 18.4 Å². The molecule has 0 bridgehead atoms. The van der Waals surface area contributed by atoms with Crippen molar-refractivity contribution in [1.82, 2.24) is 5.32 Å². The lowest BCUT2D eigenvalue weighted by Gasteiger charge is -2.19. The number of carbonyl (C=O) groups excluding carboxylic acids is 1. The molecule has 0 radical (unpaired) electrons. The van der Waals surface area contributed by atoms with E-state index in [1.807, 2.05) is 0 Å². The molecular weight excluding hydrogens is 288 g/mol. The fraction of sp³-hybridized carbons (Fsp3) is 0.429. The predicted octanol–water partition coefficient (Wildman–Crippen LogP) is 2.40. The van der Waals surface area contributed by atoms with Crippen LogP contribution >= 0.6 is 0 Å². The van der Waals surface area contributed by atoms with Crippen LogP contribution in [0, 0.1) is 21.4 Å². The van der Waals surface area contributed by atoms with E-state index in [1.54, 1.807) is 32.9 Å². The molecule has 2 N–H and O–H groups in total. The van der Waals surface area contributed by atoms with Crippen LogP contribution in [0.15, 0.2) is 18.2 Å². The third-order valence-electron chi connectivity index (χ3n) is 2.45. The number of nitro groups is 1. The topological polar surface area (TPSA) is 117 Å². The van der Waals surface area contributed by atoms with Crippen molar-refractivity contribution in [1.29, 1.82) is 5.26 Å². The van der Waals surface area contributed by atoms with Crippen molar-refractivity contribution < 1.29 is 14.5 Å². The Labute approximate surface area is 128 Å². The zero-order chi connectivity index (χ0) is 16.8. The van der Waals surface area contributed by atoms with Crippen molar-refractivity contribution in [3.05, 3.63) is 33.9 Å². The number of alkyl carbamates (subject to hydrolysis) is 1. The van der Waals surface area contributed by atoms with Gasteiger partial charge in [0.25, 0.3) is 0 Å². The van der Waals surface area contributed by atoms with Crippen molar-refractivity contribution in [2.45, 2.75) is 26.4 Å². The zero-order valence-electron chi connectivity index (χ0n) is 12.7. The van der Waals surface area contributed by atoms with Crippen LogP contribution in [0.5, 0.6) is 0 Å². The van der Waals surface area contributed by atoms with Crippen molar-refractivity contribution in [3.63, 3.8) is 0 Å². The van der Waals surface area contributed by atoms with Crippen LogP contribution in [-0.4, -0.2) is 29.7 Å². The van der Waals surface area contributed by atoms with E-state index in [2.05, 4.69) is 10.6 Å². The average molecular weight is 306 g/mol. The van der Waals surface area contributed by atoms with Crippen LogP contribution in [0.3, 0.4) is 0 Å². The van der Waals surface area contributed by atoms with Gasteiger partial charge in [0.15, 0.2) is 0 Å². The molecule has 0 aliphatic heterocycles. The lowest BCUT2D eigenvalue weighted by atomic mass is 10.1. The van der Waals surface area contributed by atoms with Crippen LogP contribution < -0.4 is 10.6 Å². The number of nitro benzene ring substituents is 1. The maximum absolute atomic E-state index is 11.4. The molecule has 0 aliphatic carbocycles. The summed E-state index contributed by atoms with van der Waals surface area (Å²) in [6, 6.07) is 6.21. The highest BCUT2D eigenvalue weighted by atomic mass is 16.6. The molecule has 1 aromatic carbocycles. The fourth-order valence-electron chi connectivity index (χ4n) is 1.65. The molecule has 0 aromatic heterocycles. The van der Waals surface area contributed by atoms with Crippen molar-refractivity contribution >= 4 is 17.5 Å². The van der Waals surface area contributed by atoms with Gasteiger partial charge in [-0.2, -0.15) is 5.26 Å². The summed E-state index contributed by atoms with van der Waals surface area (Å²) in [6.45, 7) is 5.74. The first-order valence-corrected chi connectivity index (χ1v) is 6.63. The maximum atomic E-state index is 11.4. The first kappa shape index (κ1) is 17.2. The molecule has 22 heavy (non-hydrogen) atoms. The SMILES string of the molecule is CC(C)(C)OC(=O)NCCNc1cccc(C#N)c1[N+](=O)[O-]. The minimum absolute atomic E-state index is 0.0184. The molecule has 1 rings (SSSR count). The lowest BCUT2D eigenvalue weighted by molar-refractivity contribution is -0.384. The van der Waals surface area contributed by atoms with E-state index < -0.39 is 16.6 Å². The number of nitrogens with one attached hydrogen (secondary N) is 2. The fourth-order valence-corrected chi connectivity index (χ4v) is 1.65. The van der Waals surface area contributed by atoms with Gasteiger partial charge in [0.1, 0.15) is 22.9 Å². The minimum atomic E-state index is -0.609. The predicted molar refractivity (Wildman–Crippen MR) is 80.5 cm³/mol. The Morgan fingerprint density at radius 2 is 2.09 bits per heavy atom.